The van der Waals surface area contributed by atoms with Crippen molar-refractivity contribution in [1.29, 1.82) is 0 Å². The Labute approximate surface area is 125 Å². The SMILES string of the molecule is O=C(Nc1ccccc1-c1n[nH]c(=S)o1)c1ccccc1. The van der Waals surface area contributed by atoms with Crippen LogP contribution in [0.4, 0.5) is 5.69 Å². The molecule has 0 radical (unpaired) electrons. The predicted octanol–water partition coefficient (Wildman–Crippen LogP) is 3.65. The number of benzene rings is 2. The second kappa shape index (κ2) is 5.72. The number of hydrogen-bond donors (Lipinski definition) is 2. The lowest BCUT2D eigenvalue weighted by Gasteiger charge is -2.08. The van der Waals surface area contributed by atoms with E-state index in [4.69, 9.17) is 16.6 Å². The summed E-state index contributed by atoms with van der Waals surface area (Å²) in [7, 11) is 0. The van der Waals surface area contributed by atoms with Crippen LogP contribution in [0.2, 0.25) is 0 Å². The van der Waals surface area contributed by atoms with Crippen molar-refractivity contribution >= 4 is 23.8 Å². The number of H-pyrrole nitrogens is 1. The third-order valence-corrected chi connectivity index (χ3v) is 3.05. The Bertz CT molecular complexity index is 824. The van der Waals surface area contributed by atoms with E-state index < -0.39 is 0 Å². The first-order chi connectivity index (χ1) is 10.2. The summed E-state index contributed by atoms with van der Waals surface area (Å²) in [6, 6.07) is 16.2. The number of carbonyl (C=O) groups excluding carboxylic acids is 1. The largest absolute Gasteiger partial charge is 0.409 e. The second-order valence-electron chi connectivity index (χ2n) is 4.28. The number of para-hydroxylation sites is 1. The van der Waals surface area contributed by atoms with E-state index >= 15 is 0 Å². The van der Waals surface area contributed by atoms with Gasteiger partial charge in [0.05, 0.1) is 11.3 Å². The van der Waals surface area contributed by atoms with Gasteiger partial charge in [0, 0.05) is 5.56 Å². The van der Waals surface area contributed by atoms with E-state index in [0.717, 1.165) is 0 Å². The van der Waals surface area contributed by atoms with Crippen LogP contribution in [0.25, 0.3) is 11.5 Å². The van der Waals surface area contributed by atoms with Crippen LogP contribution in [0.15, 0.2) is 59.0 Å². The highest BCUT2D eigenvalue weighted by Crippen LogP contribution is 2.26. The van der Waals surface area contributed by atoms with E-state index in [1.807, 2.05) is 30.3 Å². The smallest absolute Gasteiger partial charge is 0.284 e. The van der Waals surface area contributed by atoms with Crippen molar-refractivity contribution in [2.24, 2.45) is 0 Å². The van der Waals surface area contributed by atoms with E-state index in [1.165, 1.54) is 0 Å². The maximum atomic E-state index is 12.2. The number of rotatable bonds is 3. The monoisotopic (exact) mass is 297 g/mol. The van der Waals surface area contributed by atoms with Gasteiger partial charge in [-0.15, -0.1) is 5.10 Å². The lowest BCUT2D eigenvalue weighted by Crippen LogP contribution is -2.12. The fraction of sp³-hybridized carbons (Fsp3) is 0. The summed E-state index contributed by atoms with van der Waals surface area (Å²) in [5.74, 6) is 0.140. The van der Waals surface area contributed by atoms with Gasteiger partial charge in [-0.05, 0) is 36.5 Å². The summed E-state index contributed by atoms with van der Waals surface area (Å²) in [6.45, 7) is 0. The molecule has 1 heterocycles. The van der Waals surface area contributed by atoms with Crippen molar-refractivity contribution < 1.29 is 9.21 Å². The Morgan fingerprint density at radius 1 is 1.10 bits per heavy atom. The summed E-state index contributed by atoms with van der Waals surface area (Å²) in [4.78, 5) is 12.4. The molecule has 0 aliphatic rings. The molecule has 0 fully saturated rings. The Morgan fingerprint density at radius 3 is 2.52 bits per heavy atom. The van der Waals surface area contributed by atoms with Crippen molar-refractivity contribution in [3.63, 3.8) is 0 Å². The highest BCUT2D eigenvalue weighted by Gasteiger charge is 2.12. The van der Waals surface area contributed by atoms with Crippen LogP contribution in [0.5, 0.6) is 0 Å². The lowest BCUT2D eigenvalue weighted by atomic mass is 10.1. The lowest BCUT2D eigenvalue weighted by molar-refractivity contribution is 0.102. The third kappa shape index (κ3) is 2.90. The van der Waals surface area contributed by atoms with E-state index in [0.29, 0.717) is 22.7 Å². The first-order valence-electron chi connectivity index (χ1n) is 6.25. The highest BCUT2D eigenvalue weighted by molar-refractivity contribution is 7.71. The zero-order valence-corrected chi connectivity index (χ0v) is 11.7. The molecule has 1 amide bonds. The second-order valence-corrected chi connectivity index (χ2v) is 4.65. The molecule has 0 unspecified atom stereocenters. The van der Waals surface area contributed by atoms with Gasteiger partial charge in [-0.25, -0.2) is 5.10 Å². The van der Waals surface area contributed by atoms with E-state index in [9.17, 15) is 4.79 Å². The van der Waals surface area contributed by atoms with Gasteiger partial charge in [-0.2, -0.15) is 0 Å². The minimum atomic E-state index is -0.197. The van der Waals surface area contributed by atoms with Crippen LogP contribution in [0.1, 0.15) is 10.4 Å². The molecule has 0 bridgehead atoms. The maximum Gasteiger partial charge on any atom is 0.284 e. The third-order valence-electron chi connectivity index (χ3n) is 2.88. The Hall–Kier alpha value is -2.73. The molecule has 5 nitrogen and oxygen atoms in total. The van der Waals surface area contributed by atoms with Crippen molar-refractivity contribution in [2.45, 2.75) is 0 Å². The minimum absolute atomic E-state index is 0.189. The summed E-state index contributed by atoms with van der Waals surface area (Å²) >= 11 is 4.87. The predicted molar refractivity (Wildman–Crippen MR) is 81.5 cm³/mol. The molecule has 0 aliphatic carbocycles. The van der Waals surface area contributed by atoms with Crippen LogP contribution in [0.3, 0.4) is 0 Å². The number of carbonyl (C=O) groups is 1. The number of nitrogens with one attached hydrogen (secondary N) is 2. The van der Waals surface area contributed by atoms with Gasteiger partial charge in [-0.3, -0.25) is 4.79 Å². The van der Waals surface area contributed by atoms with Crippen LogP contribution in [0, 0.1) is 4.84 Å². The van der Waals surface area contributed by atoms with E-state index in [1.54, 1.807) is 24.3 Å². The number of amides is 1. The van der Waals surface area contributed by atoms with Crippen molar-refractivity contribution in [3.8, 4) is 11.5 Å². The van der Waals surface area contributed by atoms with E-state index in [-0.39, 0.29) is 10.7 Å². The van der Waals surface area contributed by atoms with Gasteiger partial charge in [-0.1, -0.05) is 30.3 Å². The van der Waals surface area contributed by atoms with Gasteiger partial charge in [0.1, 0.15) is 0 Å². The Balaban J connectivity index is 1.93. The van der Waals surface area contributed by atoms with Gasteiger partial charge in [0.15, 0.2) is 0 Å². The average Bonchev–Trinajstić information content (AvgIpc) is 2.95. The van der Waals surface area contributed by atoms with Gasteiger partial charge >= 0.3 is 0 Å². The van der Waals surface area contributed by atoms with Gasteiger partial charge in [0.25, 0.3) is 10.7 Å². The summed E-state index contributed by atoms with van der Waals surface area (Å²) in [6.07, 6.45) is 0. The molecule has 3 rings (SSSR count). The highest BCUT2D eigenvalue weighted by atomic mass is 32.1. The minimum Gasteiger partial charge on any atom is -0.409 e. The number of anilines is 1. The van der Waals surface area contributed by atoms with Crippen molar-refractivity contribution in [3.05, 3.63) is 65.0 Å². The average molecular weight is 297 g/mol. The zero-order chi connectivity index (χ0) is 14.7. The molecule has 2 aromatic carbocycles. The van der Waals surface area contributed by atoms with Crippen LogP contribution >= 0.6 is 12.2 Å². The molecule has 1 aromatic heterocycles. The first-order valence-corrected chi connectivity index (χ1v) is 6.66. The van der Waals surface area contributed by atoms with Crippen LogP contribution < -0.4 is 5.32 Å². The molecule has 21 heavy (non-hydrogen) atoms. The normalized spacial score (nSPS) is 10.3. The number of hydrogen-bond acceptors (Lipinski definition) is 4. The van der Waals surface area contributed by atoms with Crippen molar-refractivity contribution in [2.75, 3.05) is 5.32 Å². The fourth-order valence-electron chi connectivity index (χ4n) is 1.91. The number of aromatic nitrogens is 2. The quantitative estimate of drug-likeness (QED) is 0.724. The van der Waals surface area contributed by atoms with Crippen LogP contribution in [-0.4, -0.2) is 16.1 Å². The molecule has 3 aromatic rings. The molecular formula is C15H11N3O2S. The molecule has 2 N–H and O–H groups in total. The zero-order valence-electron chi connectivity index (χ0n) is 10.9. The molecule has 104 valence electrons. The Morgan fingerprint density at radius 2 is 1.81 bits per heavy atom. The number of nitrogens with zero attached hydrogens (tertiary/aromatic N) is 1. The first kappa shape index (κ1) is 13.3. The summed E-state index contributed by atoms with van der Waals surface area (Å²) < 4.78 is 5.29. The molecule has 0 saturated carbocycles. The topological polar surface area (TPSA) is 70.9 Å². The summed E-state index contributed by atoms with van der Waals surface area (Å²) in [5, 5.41) is 9.39. The molecule has 6 heteroatoms. The molecule has 0 spiro atoms. The van der Waals surface area contributed by atoms with Crippen LogP contribution in [-0.2, 0) is 0 Å². The fourth-order valence-corrected chi connectivity index (χ4v) is 2.03. The number of aromatic amines is 1. The van der Waals surface area contributed by atoms with Crippen molar-refractivity contribution in [1.82, 2.24) is 10.2 Å². The standard InChI is InChI=1S/C15H11N3O2S/c19-13(10-6-2-1-3-7-10)16-12-9-5-4-8-11(12)14-17-18-15(21)20-14/h1-9H,(H,16,19)(H,18,21). The molecule has 0 aliphatic heterocycles. The molecular weight excluding hydrogens is 286 g/mol. The van der Waals surface area contributed by atoms with Gasteiger partial charge in [0.2, 0.25) is 5.89 Å². The van der Waals surface area contributed by atoms with E-state index in [2.05, 4.69) is 15.5 Å². The molecule has 0 atom stereocenters. The maximum absolute atomic E-state index is 12.2. The Kier molecular flexibility index (Phi) is 3.61. The van der Waals surface area contributed by atoms with Gasteiger partial charge < -0.3 is 9.73 Å². The molecule has 0 saturated heterocycles. The summed E-state index contributed by atoms with van der Waals surface area (Å²) in [5.41, 5.74) is 1.85.